The van der Waals surface area contributed by atoms with Gasteiger partial charge >= 0.3 is 29.6 Å². The van der Waals surface area contributed by atoms with Gasteiger partial charge in [0.25, 0.3) is 0 Å². The maximum Gasteiger partial charge on any atom is 1.00 e. The fraction of sp³-hybridized carbons (Fsp3) is 0.125. The Bertz CT molecular complexity index is 355. The molecular weight excluding hydrogens is 238 g/mol. The predicted octanol–water partition coefficient (Wildman–Crippen LogP) is -1.63. The zero-order valence-electron chi connectivity index (χ0n) is 7.64. The molecule has 1 aromatic rings. The molecule has 0 atom stereocenters. The molecule has 70 valence electrons. The van der Waals surface area contributed by atoms with Crippen molar-refractivity contribution in [1.82, 2.24) is 0 Å². The van der Waals surface area contributed by atoms with Crippen molar-refractivity contribution < 1.29 is 44.2 Å². The number of ether oxygens (including phenoxy) is 1. The van der Waals surface area contributed by atoms with Crippen molar-refractivity contribution in [2.45, 2.75) is 0 Å². The Hall–Kier alpha value is 0.0700. The molecule has 1 rings (SSSR count). The van der Waals surface area contributed by atoms with E-state index in [2.05, 4.69) is 0 Å². The summed E-state index contributed by atoms with van der Waals surface area (Å²) in [5.41, 5.74) is -0.225. The van der Waals surface area contributed by atoms with E-state index in [0.717, 1.165) is 0 Å². The summed E-state index contributed by atoms with van der Waals surface area (Å²) >= 11 is 11.3. The summed E-state index contributed by atoms with van der Waals surface area (Å²) in [7, 11) is 1.31. The predicted molar refractivity (Wildman–Crippen MR) is 47.3 cm³/mol. The van der Waals surface area contributed by atoms with E-state index < -0.39 is 5.97 Å². The Morgan fingerprint density at radius 3 is 2.21 bits per heavy atom. The van der Waals surface area contributed by atoms with Gasteiger partial charge in [-0.25, -0.2) is 0 Å². The monoisotopic (exact) mass is 242 g/mol. The topological polar surface area (TPSA) is 49.4 Å². The molecule has 0 spiro atoms. The van der Waals surface area contributed by atoms with Crippen LogP contribution in [0.1, 0.15) is 10.4 Å². The van der Waals surface area contributed by atoms with Crippen molar-refractivity contribution in [2.24, 2.45) is 0 Å². The summed E-state index contributed by atoms with van der Waals surface area (Å²) in [6.45, 7) is 0. The standard InChI is InChI=1S/C8H6Cl2O3.Na/c1-13-7-5(10)3-2-4(9)6(7)8(11)12;/h2-3H,1H3,(H,11,12);/q;+1/p-1. The number of hydrogen-bond donors (Lipinski definition) is 0. The van der Waals surface area contributed by atoms with Crippen LogP contribution < -0.4 is 39.4 Å². The normalized spacial score (nSPS) is 9.07. The second-order valence-electron chi connectivity index (χ2n) is 2.22. The number of halogens is 2. The van der Waals surface area contributed by atoms with Gasteiger partial charge in [-0.1, -0.05) is 23.2 Å². The number of rotatable bonds is 2. The number of methoxy groups -OCH3 is 1. The molecule has 0 radical (unpaired) electrons. The molecule has 6 heteroatoms. The number of benzene rings is 1. The number of hydrogen-bond acceptors (Lipinski definition) is 3. The summed E-state index contributed by atoms with van der Waals surface area (Å²) < 4.78 is 4.78. The average molecular weight is 243 g/mol. The molecule has 0 aliphatic heterocycles. The van der Waals surface area contributed by atoms with Crippen molar-refractivity contribution in [3.8, 4) is 5.75 Å². The first kappa shape index (κ1) is 14.1. The fourth-order valence-electron chi connectivity index (χ4n) is 0.923. The van der Waals surface area contributed by atoms with Gasteiger partial charge in [0, 0.05) is 0 Å². The smallest absolute Gasteiger partial charge is 0.545 e. The third kappa shape index (κ3) is 2.78. The second-order valence-corrected chi connectivity index (χ2v) is 3.04. The maximum atomic E-state index is 10.6. The third-order valence-corrected chi connectivity index (χ3v) is 2.08. The van der Waals surface area contributed by atoms with Gasteiger partial charge < -0.3 is 14.6 Å². The zero-order chi connectivity index (χ0) is 10.0. The summed E-state index contributed by atoms with van der Waals surface area (Å²) in [5.74, 6) is -1.39. The third-order valence-electron chi connectivity index (χ3n) is 1.47. The van der Waals surface area contributed by atoms with Gasteiger partial charge in [-0.3, -0.25) is 0 Å². The molecule has 0 heterocycles. The molecule has 0 aliphatic rings. The Balaban J connectivity index is 0.00000169. The number of aromatic carboxylic acids is 1. The quantitative estimate of drug-likeness (QED) is 0.586. The van der Waals surface area contributed by atoms with E-state index in [1.54, 1.807) is 0 Å². The van der Waals surface area contributed by atoms with Crippen LogP contribution in [0, 0.1) is 0 Å². The van der Waals surface area contributed by atoms with E-state index in [4.69, 9.17) is 27.9 Å². The SMILES string of the molecule is COc1c(Cl)ccc(Cl)c1C(=O)[O-].[Na+]. The Morgan fingerprint density at radius 2 is 1.86 bits per heavy atom. The van der Waals surface area contributed by atoms with Crippen LogP contribution in [0.5, 0.6) is 5.75 Å². The van der Waals surface area contributed by atoms with Crippen LogP contribution in [0.25, 0.3) is 0 Å². The molecule has 0 aromatic heterocycles. The zero-order valence-corrected chi connectivity index (χ0v) is 11.1. The molecule has 0 aliphatic carbocycles. The summed E-state index contributed by atoms with van der Waals surface area (Å²) in [4.78, 5) is 10.6. The van der Waals surface area contributed by atoms with Crippen LogP contribution in [0.3, 0.4) is 0 Å². The van der Waals surface area contributed by atoms with Gasteiger partial charge in [0.1, 0.15) is 5.75 Å². The van der Waals surface area contributed by atoms with E-state index >= 15 is 0 Å². The molecule has 0 saturated carbocycles. The largest absolute Gasteiger partial charge is 1.00 e. The first-order valence-corrected chi connectivity index (χ1v) is 4.07. The minimum absolute atomic E-state index is 0. The molecule has 0 amide bonds. The molecule has 3 nitrogen and oxygen atoms in total. The van der Waals surface area contributed by atoms with E-state index in [1.807, 2.05) is 0 Å². The maximum absolute atomic E-state index is 10.6. The van der Waals surface area contributed by atoms with E-state index in [9.17, 15) is 9.90 Å². The molecule has 0 bridgehead atoms. The minimum atomic E-state index is -1.41. The van der Waals surface area contributed by atoms with E-state index in [1.165, 1.54) is 19.2 Å². The molecule has 1 aromatic carbocycles. The van der Waals surface area contributed by atoms with Crippen molar-refractivity contribution in [3.63, 3.8) is 0 Å². The van der Waals surface area contributed by atoms with Gasteiger partial charge in [-0.05, 0) is 12.1 Å². The Morgan fingerprint density at radius 1 is 1.36 bits per heavy atom. The van der Waals surface area contributed by atoms with Crippen molar-refractivity contribution >= 4 is 29.2 Å². The summed E-state index contributed by atoms with van der Waals surface area (Å²) in [5, 5.41) is 10.8. The van der Waals surface area contributed by atoms with Gasteiger partial charge in [0.15, 0.2) is 0 Å². The number of carboxylic acids is 1. The fourth-order valence-corrected chi connectivity index (χ4v) is 1.38. The number of carboxylic acid groups (broad SMARTS) is 1. The Kier molecular flexibility index (Phi) is 5.86. The molecule has 14 heavy (non-hydrogen) atoms. The molecule has 0 unspecified atom stereocenters. The summed E-state index contributed by atoms with van der Waals surface area (Å²) in [6, 6.07) is 2.83. The average Bonchev–Trinajstić information content (AvgIpc) is 2.07. The van der Waals surface area contributed by atoms with Crippen molar-refractivity contribution in [2.75, 3.05) is 7.11 Å². The van der Waals surface area contributed by atoms with Crippen LogP contribution in [0.15, 0.2) is 12.1 Å². The van der Waals surface area contributed by atoms with Gasteiger partial charge in [-0.15, -0.1) is 0 Å². The second kappa shape index (κ2) is 5.83. The van der Waals surface area contributed by atoms with Gasteiger partial charge in [-0.2, -0.15) is 0 Å². The van der Waals surface area contributed by atoms with Crippen molar-refractivity contribution in [3.05, 3.63) is 27.7 Å². The van der Waals surface area contributed by atoms with Gasteiger partial charge in [0.05, 0.1) is 28.7 Å². The number of carbonyl (C=O) groups excluding carboxylic acids is 1. The van der Waals surface area contributed by atoms with Crippen molar-refractivity contribution in [1.29, 1.82) is 0 Å². The summed E-state index contributed by atoms with van der Waals surface area (Å²) in [6.07, 6.45) is 0. The van der Waals surface area contributed by atoms with Crippen LogP contribution in [0.4, 0.5) is 0 Å². The molecule has 0 saturated heterocycles. The van der Waals surface area contributed by atoms with Crippen LogP contribution in [0.2, 0.25) is 10.0 Å². The van der Waals surface area contributed by atoms with E-state index in [0.29, 0.717) is 0 Å². The van der Waals surface area contributed by atoms with E-state index in [-0.39, 0.29) is 50.9 Å². The number of carbonyl (C=O) groups is 1. The van der Waals surface area contributed by atoms with Crippen LogP contribution >= 0.6 is 23.2 Å². The van der Waals surface area contributed by atoms with Gasteiger partial charge in [0.2, 0.25) is 0 Å². The molecule has 0 fully saturated rings. The Labute approximate surface area is 113 Å². The first-order chi connectivity index (χ1) is 6.07. The molecule has 0 N–H and O–H groups in total. The van der Waals surface area contributed by atoms with Crippen LogP contribution in [-0.4, -0.2) is 13.1 Å². The minimum Gasteiger partial charge on any atom is -0.545 e. The first-order valence-electron chi connectivity index (χ1n) is 3.31. The molecular formula is C8H5Cl2NaO3. The van der Waals surface area contributed by atoms with Crippen LogP contribution in [-0.2, 0) is 0 Å².